The maximum absolute atomic E-state index is 12.7. The van der Waals surface area contributed by atoms with Gasteiger partial charge >= 0.3 is 6.18 Å². The molecular formula is C11H14F3N5O. The van der Waals surface area contributed by atoms with Crippen molar-refractivity contribution in [2.24, 2.45) is 5.84 Å². The van der Waals surface area contributed by atoms with Gasteiger partial charge in [-0.25, -0.2) is 10.8 Å². The molecule has 0 spiro atoms. The molecule has 1 aromatic rings. The summed E-state index contributed by atoms with van der Waals surface area (Å²) in [6.45, 7) is -0.144. The number of nitrogens with zero attached hydrogens (tertiary/aromatic N) is 1. The molecule has 2 rings (SSSR count). The summed E-state index contributed by atoms with van der Waals surface area (Å²) in [6.07, 6.45) is -2.63. The molecule has 0 bridgehead atoms. The number of nitrogen functional groups attached to an aromatic ring is 1. The number of alkyl halides is 3. The summed E-state index contributed by atoms with van der Waals surface area (Å²) in [5.74, 6) is 4.59. The second-order valence-electron chi connectivity index (χ2n) is 4.46. The van der Waals surface area contributed by atoms with E-state index in [1.165, 1.54) is 0 Å². The lowest BCUT2D eigenvalue weighted by molar-refractivity contribution is -0.137. The van der Waals surface area contributed by atoms with Crippen molar-refractivity contribution in [2.75, 3.05) is 17.3 Å². The topological polar surface area (TPSA) is 92.1 Å². The molecule has 110 valence electrons. The monoisotopic (exact) mass is 289 g/mol. The predicted octanol–water partition coefficient (Wildman–Crippen LogP) is 1.08. The molecule has 1 heterocycles. The molecular weight excluding hydrogens is 275 g/mol. The van der Waals surface area contributed by atoms with Crippen LogP contribution in [0.5, 0.6) is 0 Å². The first-order valence-corrected chi connectivity index (χ1v) is 5.97. The van der Waals surface area contributed by atoms with Crippen LogP contribution in [-0.2, 0) is 11.0 Å². The van der Waals surface area contributed by atoms with Gasteiger partial charge in [-0.2, -0.15) is 13.2 Å². The van der Waals surface area contributed by atoms with Crippen molar-refractivity contribution in [2.45, 2.75) is 25.1 Å². The Labute approximate surface area is 112 Å². The van der Waals surface area contributed by atoms with Gasteiger partial charge in [0.15, 0.2) is 0 Å². The van der Waals surface area contributed by atoms with Crippen molar-refractivity contribution in [3.63, 3.8) is 0 Å². The van der Waals surface area contributed by atoms with Gasteiger partial charge < -0.3 is 16.1 Å². The van der Waals surface area contributed by atoms with Crippen LogP contribution in [-0.4, -0.2) is 23.5 Å². The average Bonchev–Trinajstić information content (AvgIpc) is 3.19. The van der Waals surface area contributed by atoms with Crippen LogP contribution in [0.25, 0.3) is 0 Å². The highest BCUT2D eigenvalue weighted by molar-refractivity contribution is 5.81. The second-order valence-corrected chi connectivity index (χ2v) is 4.46. The van der Waals surface area contributed by atoms with Crippen molar-refractivity contribution in [1.29, 1.82) is 0 Å². The van der Waals surface area contributed by atoms with Gasteiger partial charge in [-0.1, -0.05) is 0 Å². The van der Waals surface area contributed by atoms with Crippen LogP contribution in [0.3, 0.4) is 0 Å². The Morgan fingerprint density at radius 2 is 2.00 bits per heavy atom. The largest absolute Gasteiger partial charge is 0.416 e. The van der Waals surface area contributed by atoms with Crippen molar-refractivity contribution >= 4 is 17.5 Å². The molecule has 5 N–H and O–H groups in total. The van der Waals surface area contributed by atoms with Gasteiger partial charge in [-0.15, -0.1) is 0 Å². The van der Waals surface area contributed by atoms with E-state index in [2.05, 4.69) is 21.0 Å². The molecule has 1 amide bonds. The smallest absolute Gasteiger partial charge is 0.361 e. The van der Waals surface area contributed by atoms with Crippen LogP contribution < -0.4 is 21.9 Å². The molecule has 0 aliphatic heterocycles. The number of aromatic nitrogens is 1. The number of hydrogen-bond donors (Lipinski definition) is 4. The molecule has 1 saturated carbocycles. The van der Waals surface area contributed by atoms with Crippen molar-refractivity contribution < 1.29 is 18.0 Å². The number of rotatable bonds is 5. The average molecular weight is 289 g/mol. The lowest BCUT2D eigenvalue weighted by Crippen LogP contribution is -2.31. The van der Waals surface area contributed by atoms with Crippen molar-refractivity contribution in [1.82, 2.24) is 10.3 Å². The summed E-state index contributed by atoms with van der Waals surface area (Å²) in [6, 6.07) is 1.81. The highest BCUT2D eigenvalue weighted by Crippen LogP contribution is 2.31. The van der Waals surface area contributed by atoms with E-state index in [0.29, 0.717) is 0 Å². The third kappa shape index (κ3) is 3.98. The summed E-state index contributed by atoms with van der Waals surface area (Å²) < 4.78 is 38.0. The quantitative estimate of drug-likeness (QED) is 0.481. The first kappa shape index (κ1) is 14.4. The minimum atomic E-state index is -4.51. The van der Waals surface area contributed by atoms with E-state index in [0.717, 1.165) is 25.0 Å². The second kappa shape index (κ2) is 5.53. The normalized spacial score (nSPS) is 14.8. The fraction of sp³-hybridized carbons (Fsp3) is 0.455. The zero-order valence-corrected chi connectivity index (χ0v) is 10.4. The Morgan fingerprint density at radius 1 is 1.35 bits per heavy atom. The number of nitrogens with two attached hydrogens (primary N) is 1. The number of hydrogen-bond acceptors (Lipinski definition) is 5. The van der Waals surface area contributed by atoms with Gasteiger partial charge in [0.05, 0.1) is 12.1 Å². The first-order valence-electron chi connectivity index (χ1n) is 5.97. The number of nitrogens with one attached hydrogen (secondary N) is 3. The van der Waals surface area contributed by atoms with Gasteiger partial charge in [-0.05, 0) is 25.0 Å². The Hall–Kier alpha value is -2.03. The molecule has 0 unspecified atom stereocenters. The maximum atomic E-state index is 12.7. The minimum absolute atomic E-state index is 0.0706. The van der Waals surface area contributed by atoms with Gasteiger partial charge in [0.1, 0.15) is 11.6 Å². The standard InChI is InChI=1S/C11H14F3N5O/c12-11(13,14)6-3-8(18-9(4-6)19-15)16-5-10(20)17-7-1-2-7/h3-4,7H,1-2,5,15H2,(H,17,20)(H2,16,18,19). The van der Waals surface area contributed by atoms with Crippen molar-refractivity contribution in [3.8, 4) is 0 Å². The zero-order valence-electron chi connectivity index (χ0n) is 10.4. The summed E-state index contributed by atoms with van der Waals surface area (Å²) in [7, 11) is 0. The van der Waals surface area contributed by atoms with Gasteiger partial charge in [0.25, 0.3) is 0 Å². The van der Waals surface area contributed by atoms with Gasteiger partial charge in [-0.3, -0.25) is 4.79 Å². The Balaban J connectivity index is 2.03. The minimum Gasteiger partial charge on any atom is -0.361 e. The zero-order chi connectivity index (χ0) is 14.8. The molecule has 0 saturated heterocycles. The fourth-order valence-corrected chi connectivity index (χ4v) is 1.54. The van der Waals surface area contributed by atoms with Crippen molar-refractivity contribution in [3.05, 3.63) is 17.7 Å². The molecule has 1 fully saturated rings. The van der Waals surface area contributed by atoms with E-state index >= 15 is 0 Å². The molecule has 1 aliphatic rings. The third-order valence-corrected chi connectivity index (χ3v) is 2.67. The van der Waals surface area contributed by atoms with Crippen LogP contribution >= 0.6 is 0 Å². The molecule has 0 radical (unpaired) electrons. The SMILES string of the molecule is NNc1cc(C(F)(F)F)cc(NCC(=O)NC2CC2)n1. The van der Waals surface area contributed by atoms with E-state index < -0.39 is 11.7 Å². The fourth-order valence-electron chi connectivity index (χ4n) is 1.54. The van der Waals surface area contributed by atoms with Crippen LogP contribution in [0.4, 0.5) is 24.8 Å². The number of halogens is 3. The van der Waals surface area contributed by atoms with Crippen LogP contribution in [0.1, 0.15) is 18.4 Å². The Kier molecular flexibility index (Phi) is 3.98. The molecule has 20 heavy (non-hydrogen) atoms. The number of pyridine rings is 1. The molecule has 6 nitrogen and oxygen atoms in total. The van der Waals surface area contributed by atoms with Gasteiger partial charge in [0.2, 0.25) is 5.91 Å². The highest BCUT2D eigenvalue weighted by Gasteiger charge is 2.31. The van der Waals surface area contributed by atoms with E-state index in [-0.39, 0.29) is 30.1 Å². The number of carbonyl (C=O) groups is 1. The maximum Gasteiger partial charge on any atom is 0.416 e. The van der Waals surface area contributed by atoms with Crippen LogP contribution in [0.15, 0.2) is 12.1 Å². The third-order valence-electron chi connectivity index (χ3n) is 2.67. The summed E-state index contributed by atoms with van der Waals surface area (Å²) in [5.41, 5.74) is 1.16. The molecule has 1 aliphatic carbocycles. The van der Waals surface area contributed by atoms with E-state index in [9.17, 15) is 18.0 Å². The van der Waals surface area contributed by atoms with E-state index in [4.69, 9.17) is 5.84 Å². The predicted molar refractivity (Wildman–Crippen MR) is 66.7 cm³/mol. The Morgan fingerprint density at radius 3 is 2.55 bits per heavy atom. The van der Waals surface area contributed by atoms with Crippen LogP contribution in [0.2, 0.25) is 0 Å². The van der Waals surface area contributed by atoms with Crippen LogP contribution in [0, 0.1) is 0 Å². The summed E-state index contributed by atoms with van der Waals surface area (Å²) in [4.78, 5) is 15.2. The molecule has 0 atom stereocenters. The molecule has 0 aromatic carbocycles. The number of hydrazine groups is 1. The van der Waals surface area contributed by atoms with Gasteiger partial charge in [0, 0.05) is 6.04 Å². The highest BCUT2D eigenvalue weighted by atomic mass is 19.4. The number of amides is 1. The lowest BCUT2D eigenvalue weighted by Gasteiger charge is -2.12. The Bertz CT molecular complexity index is 501. The van der Waals surface area contributed by atoms with E-state index in [1.807, 2.05) is 0 Å². The van der Waals surface area contributed by atoms with E-state index in [1.54, 1.807) is 0 Å². The number of anilines is 2. The first-order chi connectivity index (χ1) is 9.38. The number of carbonyl (C=O) groups excluding carboxylic acids is 1. The molecule has 9 heteroatoms. The summed E-state index contributed by atoms with van der Waals surface area (Å²) in [5, 5.41) is 5.25. The molecule has 1 aromatic heterocycles. The lowest BCUT2D eigenvalue weighted by atomic mass is 10.2. The summed E-state index contributed by atoms with van der Waals surface area (Å²) >= 11 is 0.